The summed E-state index contributed by atoms with van der Waals surface area (Å²) >= 11 is 12.4. The van der Waals surface area contributed by atoms with Gasteiger partial charge in [-0.3, -0.25) is 14.4 Å². The van der Waals surface area contributed by atoms with E-state index in [1.807, 2.05) is 0 Å². The van der Waals surface area contributed by atoms with Crippen LogP contribution in [0.5, 0.6) is 0 Å². The Kier molecular flexibility index (Phi) is 4.45. The van der Waals surface area contributed by atoms with Gasteiger partial charge in [-0.05, 0) is 43.3 Å². The lowest BCUT2D eigenvalue weighted by atomic mass is 10.1. The fourth-order valence-electron chi connectivity index (χ4n) is 3.02. The minimum Gasteiger partial charge on any atom is -0.459 e. The number of anilines is 2. The van der Waals surface area contributed by atoms with Crippen molar-refractivity contribution in [3.8, 4) is 0 Å². The molecule has 0 radical (unpaired) electrons. The van der Waals surface area contributed by atoms with Crippen molar-refractivity contribution < 1.29 is 18.8 Å². The number of nitrogens with one attached hydrogen (secondary N) is 1. The monoisotopic (exact) mass is 414 g/mol. The predicted molar refractivity (Wildman–Crippen MR) is 105 cm³/mol. The van der Waals surface area contributed by atoms with Crippen molar-refractivity contribution in [1.82, 2.24) is 0 Å². The Morgan fingerprint density at radius 2 is 1.82 bits per heavy atom. The maximum absolute atomic E-state index is 12.7. The van der Waals surface area contributed by atoms with Crippen LogP contribution in [0.4, 0.5) is 11.4 Å². The molecule has 1 aliphatic heterocycles. The quantitative estimate of drug-likeness (QED) is 0.614. The molecular weight excluding hydrogens is 403 g/mol. The molecule has 4 rings (SSSR count). The van der Waals surface area contributed by atoms with E-state index in [1.165, 1.54) is 24.5 Å². The summed E-state index contributed by atoms with van der Waals surface area (Å²) in [5.41, 5.74) is 1.67. The molecule has 1 aliphatic rings. The first-order chi connectivity index (χ1) is 13.4. The summed E-state index contributed by atoms with van der Waals surface area (Å²) < 4.78 is 5.15. The fourth-order valence-corrected chi connectivity index (χ4v) is 3.54. The number of amides is 3. The lowest BCUT2D eigenvalue weighted by molar-refractivity contribution is 0.0924. The molecule has 2 aromatic carbocycles. The van der Waals surface area contributed by atoms with Crippen molar-refractivity contribution in [2.45, 2.75) is 6.92 Å². The highest BCUT2D eigenvalue weighted by Crippen LogP contribution is 2.37. The average molecular weight is 415 g/mol. The van der Waals surface area contributed by atoms with Crippen LogP contribution in [0.2, 0.25) is 10.0 Å². The molecule has 8 heteroatoms. The standard InChI is InChI=1S/C20H12Cl2N2O4/c1-10-7-8-28-17(10)18(25)23-11-5-6-15(14(22)9-11)24-19(26)12-3-2-4-13(21)16(12)20(24)27/h2-9H,1H3,(H,23,25). The van der Waals surface area contributed by atoms with Gasteiger partial charge in [0.2, 0.25) is 0 Å². The zero-order valence-electron chi connectivity index (χ0n) is 14.5. The highest BCUT2D eigenvalue weighted by Gasteiger charge is 2.39. The normalized spacial score (nSPS) is 13.0. The number of hydrogen-bond acceptors (Lipinski definition) is 4. The number of nitrogens with zero attached hydrogens (tertiary/aromatic N) is 1. The molecule has 28 heavy (non-hydrogen) atoms. The van der Waals surface area contributed by atoms with Gasteiger partial charge in [-0.2, -0.15) is 0 Å². The molecule has 2 heterocycles. The molecule has 0 unspecified atom stereocenters. The van der Waals surface area contributed by atoms with Crippen LogP contribution < -0.4 is 10.2 Å². The molecule has 3 aromatic rings. The Labute approximate surface area is 169 Å². The number of fused-ring (bicyclic) bond motifs is 1. The van der Waals surface area contributed by atoms with Gasteiger partial charge < -0.3 is 9.73 Å². The number of rotatable bonds is 3. The Morgan fingerprint density at radius 3 is 2.46 bits per heavy atom. The third-order valence-electron chi connectivity index (χ3n) is 4.38. The van der Waals surface area contributed by atoms with Crippen molar-refractivity contribution in [3.63, 3.8) is 0 Å². The first-order valence-corrected chi connectivity index (χ1v) is 8.96. The van der Waals surface area contributed by atoms with Gasteiger partial charge in [-0.25, -0.2) is 4.90 Å². The van der Waals surface area contributed by atoms with Gasteiger partial charge in [0.15, 0.2) is 5.76 Å². The number of carbonyl (C=O) groups excluding carboxylic acids is 3. The lowest BCUT2D eigenvalue weighted by Gasteiger charge is -2.16. The summed E-state index contributed by atoms with van der Waals surface area (Å²) in [5, 5.41) is 2.99. The second-order valence-corrected chi connectivity index (χ2v) is 6.98. The molecule has 6 nitrogen and oxygen atoms in total. The molecule has 0 bridgehead atoms. The second-order valence-electron chi connectivity index (χ2n) is 6.16. The summed E-state index contributed by atoms with van der Waals surface area (Å²) in [4.78, 5) is 38.6. The SMILES string of the molecule is Cc1ccoc1C(=O)Nc1ccc(N2C(=O)c3cccc(Cl)c3C2=O)c(Cl)c1. The molecule has 1 N–H and O–H groups in total. The largest absolute Gasteiger partial charge is 0.459 e. The van der Waals surface area contributed by atoms with Crippen LogP contribution in [0.3, 0.4) is 0 Å². The van der Waals surface area contributed by atoms with E-state index in [-0.39, 0.29) is 32.6 Å². The molecule has 0 fully saturated rings. The smallest absolute Gasteiger partial charge is 0.291 e. The van der Waals surface area contributed by atoms with E-state index in [1.54, 1.807) is 31.2 Å². The van der Waals surface area contributed by atoms with Crippen LogP contribution in [0, 0.1) is 6.92 Å². The second kappa shape index (κ2) is 6.82. The molecule has 0 aliphatic carbocycles. The summed E-state index contributed by atoms with van der Waals surface area (Å²) in [5.74, 6) is -1.29. The van der Waals surface area contributed by atoms with E-state index in [0.717, 1.165) is 4.90 Å². The molecule has 3 amide bonds. The van der Waals surface area contributed by atoms with E-state index >= 15 is 0 Å². The first-order valence-electron chi connectivity index (χ1n) is 8.21. The zero-order valence-corrected chi connectivity index (χ0v) is 16.0. The minimum absolute atomic E-state index is 0.125. The van der Waals surface area contributed by atoms with Gasteiger partial charge in [0.25, 0.3) is 17.7 Å². The highest BCUT2D eigenvalue weighted by atomic mass is 35.5. The van der Waals surface area contributed by atoms with Crippen molar-refractivity contribution in [2.75, 3.05) is 10.2 Å². The Bertz CT molecular complexity index is 1150. The molecule has 0 saturated heterocycles. The van der Waals surface area contributed by atoms with Gasteiger partial charge in [0.05, 0.1) is 33.1 Å². The molecule has 0 spiro atoms. The fraction of sp³-hybridized carbons (Fsp3) is 0.0500. The van der Waals surface area contributed by atoms with E-state index in [0.29, 0.717) is 11.3 Å². The summed E-state index contributed by atoms with van der Waals surface area (Å²) in [6, 6.07) is 10.9. The van der Waals surface area contributed by atoms with Crippen molar-refractivity contribution in [1.29, 1.82) is 0 Å². The number of furan rings is 1. The lowest BCUT2D eigenvalue weighted by Crippen LogP contribution is -2.29. The topological polar surface area (TPSA) is 79.6 Å². The Balaban J connectivity index is 1.63. The summed E-state index contributed by atoms with van der Waals surface area (Å²) in [7, 11) is 0. The molecule has 0 atom stereocenters. The van der Waals surface area contributed by atoms with Crippen LogP contribution in [-0.2, 0) is 0 Å². The third kappa shape index (κ3) is 2.87. The number of aryl methyl sites for hydroxylation is 1. The summed E-state index contributed by atoms with van der Waals surface area (Å²) in [6.45, 7) is 1.75. The Morgan fingerprint density at radius 1 is 1.04 bits per heavy atom. The van der Waals surface area contributed by atoms with Gasteiger partial charge in [0.1, 0.15) is 0 Å². The first kappa shape index (κ1) is 18.3. The number of imide groups is 1. The minimum atomic E-state index is -0.546. The van der Waals surface area contributed by atoms with Crippen LogP contribution in [-0.4, -0.2) is 17.7 Å². The summed E-state index contributed by atoms with van der Waals surface area (Å²) in [6.07, 6.45) is 1.42. The van der Waals surface area contributed by atoms with Gasteiger partial charge in [-0.1, -0.05) is 29.3 Å². The molecule has 1 aromatic heterocycles. The molecule has 0 saturated carbocycles. The number of benzene rings is 2. The predicted octanol–water partition coefficient (Wildman–Crippen LogP) is 4.95. The van der Waals surface area contributed by atoms with E-state index in [4.69, 9.17) is 27.6 Å². The van der Waals surface area contributed by atoms with Crippen LogP contribution >= 0.6 is 23.2 Å². The van der Waals surface area contributed by atoms with E-state index in [2.05, 4.69) is 5.32 Å². The van der Waals surface area contributed by atoms with Gasteiger partial charge >= 0.3 is 0 Å². The van der Waals surface area contributed by atoms with E-state index < -0.39 is 17.7 Å². The molecule has 140 valence electrons. The van der Waals surface area contributed by atoms with Crippen LogP contribution in [0.25, 0.3) is 0 Å². The van der Waals surface area contributed by atoms with Gasteiger partial charge in [0, 0.05) is 11.3 Å². The van der Waals surface area contributed by atoms with Gasteiger partial charge in [-0.15, -0.1) is 0 Å². The molecular formula is C20H12Cl2N2O4. The Hall–Kier alpha value is -3.09. The number of hydrogen-bond donors (Lipinski definition) is 1. The maximum Gasteiger partial charge on any atom is 0.291 e. The van der Waals surface area contributed by atoms with Crippen molar-refractivity contribution in [3.05, 3.63) is 81.2 Å². The maximum atomic E-state index is 12.7. The van der Waals surface area contributed by atoms with Crippen LogP contribution in [0.1, 0.15) is 36.8 Å². The van der Waals surface area contributed by atoms with Crippen LogP contribution in [0.15, 0.2) is 53.1 Å². The highest BCUT2D eigenvalue weighted by molar-refractivity contribution is 6.44. The number of carbonyl (C=O) groups is 3. The number of halogens is 2. The average Bonchev–Trinajstić information content (AvgIpc) is 3.18. The zero-order chi connectivity index (χ0) is 20.0. The third-order valence-corrected chi connectivity index (χ3v) is 5.00. The van der Waals surface area contributed by atoms with Crippen molar-refractivity contribution in [2.24, 2.45) is 0 Å². The van der Waals surface area contributed by atoms with E-state index in [9.17, 15) is 14.4 Å². The van der Waals surface area contributed by atoms with Crippen molar-refractivity contribution >= 4 is 52.3 Å².